The van der Waals surface area contributed by atoms with Gasteiger partial charge in [-0.15, -0.1) is 0 Å². The maximum absolute atomic E-state index is 14.0. The second-order valence-corrected chi connectivity index (χ2v) is 9.36. The third-order valence-electron chi connectivity index (χ3n) is 7.55. The zero-order chi connectivity index (χ0) is 23.9. The van der Waals surface area contributed by atoms with Crippen LogP contribution in [0.1, 0.15) is 35.1 Å². The fourth-order valence-corrected chi connectivity index (χ4v) is 6.61. The summed E-state index contributed by atoms with van der Waals surface area (Å²) in [4.78, 5) is 53.5. The van der Waals surface area contributed by atoms with E-state index in [1.807, 2.05) is 48.5 Å². The number of Topliss-reactive ketones (excluding diaryl/α,β-unsaturated/α-hetero) is 1. The zero-order valence-corrected chi connectivity index (χ0v) is 18.7. The lowest BCUT2D eigenvalue weighted by Gasteiger charge is -2.52. The van der Waals surface area contributed by atoms with Crippen LogP contribution in [0.3, 0.4) is 0 Å². The molecule has 2 atom stereocenters. The van der Waals surface area contributed by atoms with Crippen molar-refractivity contribution in [2.75, 3.05) is 4.90 Å². The first-order valence-electron chi connectivity index (χ1n) is 10.8. The van der Waals surface area contributed by atoms with E-state index >= 15 is 0 Å². The number of nitro groups is 1. The average Bonchev–Trinajstić information content (AvgIpc) is 3.09. The summed E-state index contributed by atoms with van der Waals surface area (Å²) < 4.78 is 0. The largest absolute Gasteiger partial charge is 0.299 e. The molecule has 3 aromatic carbocycles. The van der Waals surface area contributed by atoms with Crippen molar-refractivity contribution in [3.05, 3.63) is 104 Å². The van der Waals surface area contributed by atoms with Gasteiger partial charge in [-0.1, -0.05) is 60.1 Å². The molecule has 3 aliphatic carbocycles. The minimum Gasteiger partial charge on any atom is -0.299 e. The summed E-state index contributed by atoms with van der Waals surface area (Å²) >= 11 is 5.97. The summed E-state index contributed by atoms with van der Waals surface area (Å²) in [6, 6.07) is 18.7. The Balaban J connectivity index is 1.66. The highest BCUT2D eigenvalue weighted by Crippen LogP contribution is 2.64. The van der Waals surface area contributed by atoms with Gasteiger partial charge in [0.05, 0.1) is 22.2 Å². The maximum Gasteiger partial charge on any atom is 0.294 e. The molecule has 0 saturated carbocycles. The van der Waals surface area contributed by atoms with E-state index in [9.17, 15) is 24.5 Å². The molecule has 1 fully saturated rings. The van der Waals surface area contributed by atoms with Gasteiger partial charge in [-0.3, -0.25) is 24.5 Å². The third-order valence-corrected chi connectivity index (χ3v) is 7.78. The summed E-state index contributed by atoms with van der Waals surface area (Å²) in [5.41, 5.74) is 1.20. The van der Waals surface area contributed by atoms with Gasteiger partial charge in [-0.2, -0.15) is 0 Å². The number of carbonyl (C=O) groups excluding carboxylic acids is 3. The monoisotopic (exact) mass is 472 g/mol. The Morgan fingerprint density at radius 3 is 2.12 bits per heavy atom. The molecule has 7 nitrogen and oxygen atoms in total. The predicted molar refractivity (Wildman–Crippen MR) is 124 cm³/mol. The van der Waals surface area contributed by atoms with E-state index in [0.29, 0.717) is 0 Å². The van der Waals surface area contributed by atoms with E-state index in [0.717, 1.165) is 33.2 Å². The van der Waals surface area contributed by atoms with Crippen molar-refractivity contribution in [3.63, 3.8) is 0 Å². The molecule has 34 heavy (non-hydrogen) atoms. The molecule has 3 aromatic rings. The maximum atomic E-state index is 14.0. The molecule has 0 unspecified atom stereocenters. The first-order chi connectivity index (χ1) is 16.3. The second kappa shape index (κ2) is 6.84. The number of amides is 2. The Labute approximate surface area is 199 Å². The van der Waals surface area contributed by atoms with E-state index in [-0.39, 0.29) is 16.5 Å². The first-order valence-corrected chi connectivity index (χ1v) is 11.2. The first kappa shape index (κ1) is 20.7. The minimum atomic E-state index is -1.35. The highest BCUT2D eigenvalue weighted by atomic mass is 35.5. The molecule has 1 aliphatic heterocycles. The lowest BCUT2D eigenvalue weighted by Crippen LogP contribution is -2.57. The van der Waals surface area contributed by atoms with Gasteiger partial charge in [-0.25, -0.2) is 4.90 Å². The Hall–Kier alpha value is -3.84. The van der Waals surface area contributed by atoms with E-state index in [1.165, 1.54) is 19.1 Å². The predicted octanol–water partition coefficient (Wildman–Crippen LogP) is 4.39. The number of imide groups is 1. The van der Waals surface area contributed by atoms with Crippen LogP contribution in [0.2, 0.25) is 5.02 Å². The van der Waals surface area contributed by atoms with Crippen molar-refractivity contribution in [1.29, 1.82) is 0 Å². The Bertz CT molecular complexity index is 1420. The number of hydrogen-bond acceptors (Lipinski definition) is 5. The number of benzene rings is 3. The molecule has 0 spiro atoms. The molecule has 1 saturated heterocycles. The molecule has 2 bridgehead atoms. The van der Waals surface area contributed by atoms with Crippen molar-refractivity contribution in [2.45, 2.75) is 18.3 Å². The van der Waals surface area contributed by atoms with Gasteiger partial charge < -0.3 is 0 Å². The van der Waals surface area contributed by atoms with Gasteiger partial charge in [0.2, 0.25) is 11.8 Å². The third kappa shape index (κ3) is 2.29. The van der Waals surface area contributed by atoms with E-state index in [2.05, 4.69) is 0 Å². The van der Waals surface area contributed by atoms with Crippen LogP contribution < -0.4 is 4.90 Å². The van der Waals surface area contributed by atoms with Crippen LogP contribution >= 0.6 is 11.6 Å². The second-order valence-electron chi connectivity index (χ2n) is 8.92. The summed E-state index contributed by atoms with van der Waals surface area (Å²) in [6.07, 6.45) is 0. The number of anilines is 1. The minimum absolute atomic E-state index is 0.118. The Kier molecular flexibility index (Phi) is 4.17. The summed E-state index contributed by atoms with van der Waals surface area (Å²) in [7, 11) is 0. The molecule has 8 heteroatoms. The van der Waals surface area contributed by atoms with Crippen LogP contribution in [-0.4, -0.2) is 22.5 Å². The summed E-state index contributed by atoms with van der Waals surface area (Å²) in [5, 5.41) is 11.9. The number of carbonyl (C=O) groups is 3. The van der Waals surface area contributed by atoms with Gasteiger partial charge >= 0.3 is 0 Å². The van der Waals surface area contributed by atoms with E-state index in [1.54, 1.807) is 0 Å². The molecule has 4 aliphatic rings. The van der Waals surface area contributed by atoms with Crippen LogP contribution in [0, 0.1) is 22.0 Å². The zero-order valence-electron chi connectivity index (χ0n) is 17.9. The number of nitro benzene ring substituents is 1. The van der Waals surface area contributed by atoms with Crippen LogP contribution in [0.15, 0.2) is 66.7 Å². The SMILES string of the molecule is CC(=O)C12c3ccccc3C(c3ccccc31)[C@@H]1C(=O)N(c3ccc(Cl)cc3[N+](=O)[O-])C(=O)[C@H]12. The molecule has 7 rings (SSSR count). The van der Waals surface area contributed by atoms with Crippen molar-refractivity contribution < 1.29 is 19.3 Å². The number of rotatable bonds is 3. The molecule has 0 radical (unpaired) electrons. The van der Waals surface area contributed by atoms with Crippen molar-refractivity contribution in [1.82, 2.24) is 0 Å². The van der Waals surface area contributed by atoms with Crippen molar-refractivity contribution >= 4 is 40.6 Å². The van der Waals surface area contributed by atoms with Gasteiger partial charge in [0.25, 0.3) is 5.69 Å². The quantitative estimate of drug-likeness (QED) is 0.320. The summed E-state index contributed by atoms with van der Waals surface area (Å²) in [5.74, 6) is -3.68. The number of ketones is 1. The molecular formula is C26H17ClN2O5. The molecule has 2 amide bonds. The Morgan fingerprint density at radius 2 is 1.56 bits per heavy atom. The highest BCUT2D eigenvalue weighted by molar-refractivity contribution is 6.31. The van der Waals surface area contributed by atoms with Crippen LogP contribution in [0.5, 0.6) is 0 Å². The van der Waals surface area contributed by atoms with Gasteiger partial charge in [0, 0.05) is 17.0 Å². The number of nitrogens with zero attached hydrogens (tertiary/aromatic N) is 2. The van der Waals surface area contributed by atoms with E-state index in [4.69, 9.17) is 11.6 Å². The molecular weight excluding hydrogens is 456 g/mol. The smallest absolute Gasteiger partial charge is 0.294 e. The number of halogens is 1. The average molecular weight is 473 g/mol. The fourth-order valence-electron chi connectivity index (χ4n) is 6.44. The normalized spacial score (nSPS) is 26.2. The van der Waals surface area contributed by atoms with Crippen LogP contribution in [0.4, 0.5) is 11.4 Å². The van der Waals surface area contributed by atoms with Gasteiger partial charge in [-0.05, 0) is 41.3 Å². The number of hydrogen-bond donors (Lipinski definition) is 0. The van der Waals surface area contributed by atoms with Gasteiger partial charge in [0.15, 0.2) is 0 Å². The molecule has 0 N–H and O–H groups in total. The molecule has 168 valence electrons. The van der Waals surface area contributed by atoms with Crippen molar-refractivity contribution in [3.8, 4) is 0 Å². The summed E-state index contributed by atoms with van der Waals surface area (Å²) in [6.45, 7) is 1.45. The van der Waals surface area contributed by atoms with E-state index < -0.39 is 45.6 Å². The van der Waals surface area contributed by atoms with Crippen LogP contribution in [-0.2, 0) is 19.8 Å². The standard InChI is InChI=1S/C26H17ClN2O5/c1-13(30)26-17-8-4-2-6-15(17)21(16-7-3-5-9-18(16)26)22-23(26)25(32)28(24(22)31)19-11-10-14(27)12-20(19)29(33)34/h2-12,21-23H,1H3/t21?,22-,23-,26?/m0/s1. The Morgan fingerprint density at radius 1 is 0.971 bits per heavy atom. The molecule has 0 aromatic heterocycles. The van der Waals surface area contributed by atoms with Crippen molar-refractivity contribution in [2.24, 2.45) is 11.8 Å². The van der Waals surface area contributed by atoms with Crippen LogP contribution in [0.25, 0.3) is 0 Å². The topological polar surface area (TPSA) is 97.6 Å². The molecule has 1 heterocycles. The lowest BCUT2D eigenvalue weighted by atomic mass is 9.46. The van der Waals surface area contributed by atoms with Gasteiger partial charge in [0.1, 0.15) is 11.5 Å². The highest BCUT2D eigenvalue weighted by Gasteiger charge is 2.70. The fraction of sp³-hybridized carbons (Fsp3) is 0.192. The lowest BCUT2D eigenvalue weighted by molar-refractivity contribution is -0.384.